The van der Waals surface area contributed by atoms with E-state index in [2.05, 4.69) is 14.2 Å². The van der Waals surface area contributed by atoms with Crippen molar-refractivity contribution in [1.82, 2.24) is 0 Å². The van der Waals surface area contributed by atoms with Crippen LogP contribution in [0.3, 0.4) is 0 Å². The van der Waals surface area contributed by atoms with E-state index >= 15 is 0 Å². The zero-order chi connectivity index (χ0) is 108. The molecule has 3 N–H and O–H groups in total. The van der Waals surface area contributed by atoms with E-state index in [4.69, 9.17) is 65.7 Å². The highest BCUT2D eigenvalue weighted by Crippen LogP contribution is 2.37. The second-order valence-corrected chi connectivity index (χ2v) is 33.7. The molecule has 6 heterocycles. The first kappa shape index (κ1) is 109. The van der Waals surface area contributed by atoms with E-state index in [-0.39, 0.29) is 173 Å². The Morgan fingerprint density at radius 3 is 0.905 bits per heavy atom. The van der Waals surface area contributed by atoms with E-state index in [1.165, 1.54) is 87.5 Å². The normalized spacial score (nSPS) is 13.9. The molecule has 1 fully saturated rings. The number of hydrogen-bond donors (Lipinski definition) is 2. The summed E-state index contributed by atoms with van der Waals surface area (Å²) < 4.78 is 79.7. The third kappa shape index (κ3) is 25.7. The molecule has 1 saturated heterocycles. The average Bonchev–Trinajstić information content (AvgIpc) is 1.62. The lowest BCUT2D eigenvalue weighted by Crippen LogP contribution is -2.30. The summed E-state index contributed by atoms with van der Waals surface area (Å²) in [6.45, 7) is 11.6. The van der Waals surface area contributed by atoms with Gasteiger partial charge in [-0.25, -0.2) is 4.79 Å². The van der Waals surface area contributed by atoms with Gasteiger partial charge < -0.3 is 85.0 Å². The third-order valence-corrected chi connectivity index (χ3v) is 22.8. The average molecular weight is 2040 g/mol. The standard InChI is InChI=1S/C23H20O9.C22H20O8.C21H19NO8.C20H16O9.C19H14O8/c1-12(31-23(28)13-6-8-29-9-7-13)30-19(25)11-17(24)18-10-16-20(26)14-4-2-3-5-15(14)21(27)22(16)32-18;1-4-22(2,3)21(27)29-11-28-17(24)10-15(23)16-9-14-18(25)12-7-5-6-8-13(12)19(26)20(14)30-16;1-11(22)21(27)29-8-4-7-28-17(24)10-15(23)16-9-14-18(25)12-5-2-3-6-13(12)19(26)20(14)30-16;1-2-13(21)20(26)28-9-27-16(23)8-14(22)15-7-12-17(24)10-5-3-4-6-11(10)18(25)19(12)29-15;1-9(20)25-10(2)26-16(22)8-14(21)15-7-13-17(23)11-5-3-4-6-12(11)18(24)19(13)27-15/h2-5,10,12-13H,6-9,11H2,1H3;5-9H,4,10-11H2,1-3H3;2-3,5-6,9,11H,4,7-8,10,22H2,1H3;3-7,13,21H,2,8-9H2,1H3;3-7,10H,8H2,1-2H3/t;;11-;;/m..0../s1. The fourth-order valence-electron chi connectivity index (χ4n) is 14.7. The van der Waals surface area contributed by atoms with Gasteiger partial charge >= 0.3 is 59.7 Å². The van der Waals surface area contributed by atoms with Crippen LogP contribution >= 0.6 is 0 Å². The topological polar surface area (TPSA) is 640 Å². The van der Waals surface area contributed by atoms with Crippen LogP contribution in [-0.2, 0) is 100 Å². The molecule has 16 rings (SSSR count). The van der Waals surface area contributed by atoms with Gasteiger partial charge in [0.25, 0.3) is 0 Å². The van der Waals surface area contributed by atoms with E-state index in [9.17, 15) is 125 Å². The number of fused-ring (bicyclic) bond motifs is 10. The summed E-state index contributed by atoms with van der Waals surface area (Å²) in [4.78, 5) is 303. The highest BCUT2D eigenvalue weighted by Gasteiger charge is 2.42. The fraction of sp³-hybridized carbons (Fsp3) is 0.286. The lowest BCUT2D eigenvalue weighted by Gasteiger charge is -2.22. The zero-order valence-electron chi connectivity index (χ0n) is 79.9. The van der Waals surface area contributed by atoms with Crippen LogP contribution in [0.4, 0.5) is 0 Å². The van der Waals surface area contributed by atoms with E-state index in [1.807, 2.05) is 6.92 Å². The van der Waals surface area contributed by atoms with Gasteiger partial charge in [-0.3, -0.25) is 115 Å². The van der Waals surface area contributed by atoms with Crippen molar-refractivity contribution in [1.29, 1.82) is 0 Å². The second kappa shape index (κ2) is 48.0. The van der Waals surface area contributed by atoms with Gasteiger partial charge in [-0.2, -0.15) is 0 Å². The van der Waals surface area contributed by atoms with Gasteiger partial charge in [0, 0.05) is 96.0 Å². The lowest BCUT2D eigenvalue weighted by molar-refractivity contribution is -0.189. The Bertz CT molecular complexity index is 6870. The summed E-state index contributed by atoms with van der Waals surface area (Å²) in [6.07, 6.45) is -5.15. The summed E-state index contributed by atoms with van der Waals surface area (Å²) in [7, 11) is 0. The van der Waals surface area contributed by atoms with Gasteiger partial charge in [-0.1, -0.05) is 135 Å². The Kier molecular flexibility index (Phi) is 35.3. The summed E-state index contributed by atoms with van der Waals surface area (Å²) >= 11 is 0. The first-order valence-corrected chi connectivity index (χ1v) is 45.4. The predicted molar refractivity (Wildman–Crippen MR) is 492 cm³/mol. The van der Waals surface area contributed by atoms with Gasteiger partial charge in [0.15, 0.2) is 92.6 Å². The smallest absolute Gasteiger partial charge is 0.337 e. The summed E-state index contributed by atoms with van der Waals surface area (Å²) in [5.74, 6) is -19.4. The van der Waals surface area contributed by atoms with Crippen LogP contribution in [0.15, 0.2) is 174 Å². The van der Waals surface area contributed by atoms with Crippen LogP contribution in [0.1, 0.15) is 333 Å². The molecule has 0 radical (unpaired) electrons. The Morgan fingerprint density at radius 2 is 0.622 bits per heavy atom. The second-order valence-electron chi connectivity index (χ2n) is 33.7. The molecule has 148 heavy (non-hydrogen) atoms. The molecule has 5 aromatic carbocycles. The number of ether oxygens (including phenoxy) is 11. The molecule has 5 aromatic heterocycles. The Balaban J connectivity index is 0.000000164. The molecule has 0 saturated carbocycles. The van der Waals surface area contributed by atoms with Crippen LogP contribution in [-0.4, -0.2) is 216 Å². The molecule has 43 nitrogen and oxygen atoms in total. The third-order valence-electron chi connectivity index (χ3n) is 22.8. The Labute approximate surface area is 835 Å². The number of ketones is 15. The molecule has 3 unspecified atom stereocenters. The van der Waals surface area contributed by atoms with Crippen molar-refractivity contribution in [2.45, 2.75) is 144 Å². The molecule has 4 atom stereocenters. The SMILES string of the molecule is CC(=O)OC(C)OC(=O)CC(=O)c1cc2c(o1)C(=O)c1ccccc1C2=O.CC(OC(=O)CC(=O)c1cc2c(o1)C(=O)c1ccccc1C2=O)OC(=O)C1CCOCC1.CCC(C)(C)C(=O)OCOC(=O)CC(=O)c1cc2c(o1)C(=O)c1ccccc1C2=O.CCC(O)C(=O)OCOC(=O)CC(=O)c1cc2c(o1)C(=O)c1ccccc1C2=O.C[C@H](N)C(=O)OCCCOC(=O)CC(=O)c1cc2c(o1)C(=O)c1ccccc1C2=O. The number of hydrogen-bond acceptors (Lipinski definition) is 43. The van der Waals surface area contributed by atoms with Crippen LogP contribution in [0.25, 0.3) is 0 Å². The van der Waals surface area contributed by atoms with Crippen LogP contribution in [0.2, 0.25) is 0 Å². The largest absolute Gasteiger partial charge is 0.465 e. The number of carbonyl (C=O) groups excluding carboxylic acids is 25. The van der Waals surface area contributed by atoms with Crippen molar-refractivity contribution in [2.24, 2.45) is 17.1 Å². The summed E-state index contributed by atoms with van der Waals surface area (Å²) in [5.41, 5.74) is 6.58. The number of aliphatic hydroxyl groups excluding tert-OH is 1. The molecular weight excluding hydrogens is 1950 g/mol. The van der Waals surface area contributed by atoms with Gasteiger partial charge in [0.05, 0.1) is 52.4 Å². The van der Waals surface area contributed by atoms with Gasteiger partial charge in [0.2, 0.25) is 84.0 Å². The lowest BCUT2D eigenvalue weighted by atomic mass is 9.88. The van der Waals surface area contributed by atoms with E-state index < -0.39 is 222 Å². The highest BCUT2D eigenvalue weighted by atomic mass is 16.7. The molecule has 0 spiro atoms. The quantitative estimate of drug-likeness (QED) is 0.00963. The van der Waals surface area contributed by atoms with Crippen LogP contribution < -0.4 is 5.73 Å². The Morgan fingerprint density at radius 1 is 0.351 bits per heavy atom. The van der Waals surface area contributed by atoms with E-state index in [0.717, 1.165) is 31.2 Å². The molecule has 0 amide bonds. The predicted octanol–water partition coefficient (Wildman–Crippen LogP) is 10.6. The minimum atomic E-state index is -1.33. The monoisotopic (exact) mass is 2040 g/mol. The van der Waals surface area contributed by atoms with Crippen molar-refractivity contribution in [2.75, 3.05) is 40.0 Å². The molecular formula is C105H89NO42. The van der Waals surface area contributed by atoms with Gasteiger partial charge in [0.1, 0.15) is 38.1 Å². The van der Waals surface area contributed by atoms with Crippen molar-refractivity contribution >= 4 is 146 Å². The molecule has 43 heteroatoms. The van der Waals surface area contributed by atoms with Crippen LogP contribution in [0, 0.1) is 11.3 Å². The minimum Gasteiger partial charge on any atom is -0.465 e. The van der Waals surface area contributed by atoms with Crippen molar-refractivity contribution in [3.63, 3.8) is 0 Å². The molecule has 766 valence electrons. The zero-order valence-corrected chi connectivity index (χ0v) is 79.9. The maximum Gasteiger partial charge on any atom is 0.337 e. The summed E-state index contributed by atoms with van der Waals surface area (Å²) in [5, 5.41) is 9.24. The first-order valence-electron chi connectivity index (χ1n) is 45.4. The number of Topliss-reactive ketones (excluding diaryl/α,β-unsaturated/α-hetero) is 5. The molecule has 6 aliphatic rings. The number of carbonyl (C=O) groups is 25. The maximum absolute atomic E-state index is 12.6. The molecule has 0 bridgehead atoms. The molecule has 5 aliphatic carbocycles. The number of furan rings is 5. The number of aliphatic hydroxyl groups is 1. The van der Waals surface area contributed by atoms with Gasteiger partial charge in [-0.15, -0.1) is 0 Å². The van der Waals surface area contributed by atoms with E-state index in [1.54, 1.807) is 81.4 Å². The minimum absolute atomic E-state index is 0.00800. The number of nitrogens with two attached hydrogens (primary N) is 1. The van der Waals surface area contributed by atoms with Crippen LogP contribution in [0.5, 0.6) is 0 Å². The summed E-state index contributed by atoms with van der Waals surface area (Å²) in [6, 6.07) is 36.3. The fourth-order valence-corrected chi connectivity index (χ4v) is 14.7. The highest BCUT2D eigenvalue weighted by molar-refractivity contribution is 6.32. The number of esters is 10. The number of rotatable bonds is 33. The Hall–Kier alpha value is -17.9. The maximum atomic E-state index is 12.6. The molecule has 1 aliphatic heterocycles. The van der Waals surface area contributed by atoms with Crippen molar-refractivity contribution < 1.29 is 199 Å². The molecule has 10 aromatic rings. The van der Waals surface area contributed by atoms with Crippen molar-refractivity contribution in [3.8, 4) is 0 Å². The van der Waals surface area contributed by atoms with Crippen molar-refractivity contribution in [3.05, 3.63) is 293 Å². The number of benzene rings is 5. The van der Waals surface area contributed by atoms with Gasteiger partial charge in [-0.05, 0) is 76.8 Å². The van der Waals surface area contributed by atoms with E-state index in [0.29, 0.717) is 32.5 Å². The first-order chi connectivity index (χ1) is 70.4.